The van der Waals surface area contributed by atoms with E-state index in [4.69, 9.17) is 0 Å². The second kappa shape index (κ2) is 8.41. The molecule has 2 aromatic carbocycles. The fraction of sp³-hybridized carbons (Fsp3) is 0.158. The summed E-state index contributed by atoms with van der Waals surface area (Å²) in [4.78, 5) is 13.8. The number of nitrogens with one attached hydrogen (secondary N) is 1. The van der Waals surface area contributed by atoms with E-state index in [1.165, 1.54) is 18.3 Å². The fourth-order valence-corrected chi connectivity index (χ4v) is 2.17. The molecule has 0 heterocycles. The smallest absolute Gasteiger partial charge is 0.263 e. The van der Waals surface area contributed by atoms with Crippen LogP contribution in [0.1, 0.15) is 5.56 Å². The summed E-state index contributed by atoms with van der Waals surface area (Å²) in [6.07, 6.45) is 2.04. The molecule has 0 aromatic heterocycles. The van der Waals surface area contributed by atoms with E-state index in [9.17, 15) is 20.3 Å². The third kappa shape index (κ3) is 5.29. The zero-order valence-electron chi connectivity index (χ0n) is 13.8. The lowest BCUT2D eigenvalue weighted by Gasteiger charge is -2.15. The topological polar surface area (TPSA) is 96.6 Å². The molecule has 0 aliphatic rings. The number of benzene rings is 2. The van der Waals surface area contributed by atoms with Crippen LogP contribution in [0.3, 0.4) is 0 Å². The number of anilines is 1. The molecule has 6 heteroatoms. The zero-order chi connectivity index (χ0) is 18.2. The van der Waals surface area contributed by atoms with Gasteiger partial charge in [0.2, 0.25) is 0 Å². The molecule has 0 aliphatic carbocycles. The molecule has 1 amide bonds. The molecule has 2 aromatic rings. The van der Waals surface area contributed by atoms with Crippen LogP contribution in [0.15, 0.2) is 60.3 Å². The van der Waals surface area contributed by atoms with Gasteiger partial charge in [-0.25, -0.2) is 0 Å². The molecule has 2 rings (SSSR count). The summed E-state index contributed by atoms with van der Waals surface area (Å²) in [6, 6.07) is 15.1. The van der Waals surface area contributed by atoms with E-state index in [1.54, 1.807) is 48.3 Å². The van der Waals surface area contributed by atoms with Crippen LogP contribution < -0.4 is 10.2 Å². The lowest BCUT2D eigenvalue weighted by Crippen LogP contribution is -2.28. The van der Waals surface area contributed by atoms with Crippen molar-refractivity contribution in [3.63, 3.8) is 0 Å². The minimum atomic E-state index is -0.452. The van der Waals surface area contributed by atoms with Crippen LogP contribution in [-0.4, -0.2) is 29.7 Å². The Labute approximate surface area is 146 Å². The molecule has 0 radical (unpaired) electrons. The number of amides is 1. The van der Waals surface area contributed by atoms with E-state index in [0.29, 0.717) is 13.0 Å². The Hall–Kier alpha value is -3.46. The van der Waals surface area contributed by atoms with Gasteiger partial charge in [0.05, 0.1) is 0 Å². The molecule has 3 N–H and O–H groups in total. The monoisotopic (exact) mass is 337 g/mol. The molecule has 25 heavy (non-hydrogen) atoms. The average Bonchev–Trinajstić information content (AvgIpc) is 2.61. The van der Waals surface area contributed by atoms with Gasteiger partial charge in [0.15, 0.2) is 0 Å². The Morgan fingerprint density at radius 3 is 2.24 bits per heavy atom. The van der Waals surface area contributed by atoms with Gasteiger partial charge in [0.1, 0.15) is 23.1 Å². The van der Waals surface area contributed by atoms with E-state index in [0.717, 1.165) is 11.3 Å². The maximum Gasteiger partial charge on any atom is 0.263 e. The zero-order valence-corrected chi connectivity index (χ0v) is 13.8. The second-order valence-corrected chi connectivity index (χ2v) is 5.45. The summed E-state index contributed by atoms with van der Waals surface area (Å²) in [5.41, 5.74) is 1.70. The van der Waals surface area contributed by atoms with Gasteiger partial charge in [-0.3, -0.25) is 4.79 Å². The normalized spacial score (nSPS) is 10.8. The first-order valence-electron chi connectivity index (χ1n) is 7.69. The average molecular weight is 337 g/mol. The van der Waals surface area contributed by atoms with Gasteiger partial charge in [-0.2, -0.15) is 5.26 Å². The number of hydrogen-bond donors (Lipinski definition) is 3. The predicted octanol–water partition coefficient (Wildman–Crippen LogP) is 2.30. The third-order valence-electron chi connectivity index (χ3n) is 3.58. The maximum atomic E-state index is 12.1. The Morgan fingerprint density at radius 2 is 1.68 bits per heavy atom. The molecule has 0 saturated heterocycles. The van der Waals surface area contributed by atoms with Crippen molar-refractivity contribution in [2.75, 3.05) is 18.5 Å². The van der Waals surface area contributed by atoms with Gasteiger partial charge in [-0.15, -0.1) is 0 Å². The van der Waals surface area contributed by atoms with Gasteiger partial charge in [0.25, 0.3) is 5.91 Å². The Bertz CT molecular complexity index is 790. The van der Waals surface area contributed by atoms with Crippen LogP contribution in [0.5, 0.6) is 11.5 Å². The first-order valence-corrected chi connectivity index (χ1v) is 7.69. The summed E-state index contributed by atoms with van der Waals surface area (Å²) in [6.45, 7) is 0.381. The van der Waals surface area contributed by atoms with E-state index in [-0.39, 0.29) is 17.1 Å². The molecule has 128 valence electrons. The number of hydrogen-bond acceptors (Lipinski definition) is 5. The standard InChI is InChI=1S/C19H19N3O3/c1-22(16-4-8-18(24)9-5-16)13-15(12-20)19(25)21-11-10-14-2-6-17(23)7-3-14/h2-9,13,23-24H,10-11H2,1H3,(H,21,25)/b15-13-. The van der Waals surface area contributed by atoms with Crippen LogP contribution in [0.2, 0.25) is 0 Å². The number of carbonyl (C=O) groups is 1. The molecule has 0 spiro atoms. The minimum absolute atomic E-state index is 0.0127. The van der Waals surface area contributed by atoms with E-state index >= 15 is 0 Å². The summed E-state index contributed by atoms with van der Waals surface area (Å²) >= 11 is 0. The number of phenolic OH excluding ortho intramolecular Hbond substituents is 2. The van der Waals surface area contributed by atoms with E-state index < -0.39 is 5.91 Å². The number of phenols is 2. The SMILES string of the molecule is CN(/C=C(/C#N)C(=O)NCCc1ccc(O)cc1)c1ccc(O)cc1. The summed E-state index contributed by atoms with van der Waals surface area (Å²) in [5.74, 6) is -0.111. The maximum absolute atomic E-state index is 12.1. The summed E-state index contributed by atoms with van der Waals surface area (Å²) < 4.78 is 0. The molecule has 0 aliphatic heterocycles. The molecule has 0 atom stereocenters. The largest absolute Gasteiger partial charge is 0.508 e. The second-order valence-electron chi connectivity index (χ2n) is 5.45. The van der Waals surface area contributed by atoms with E-state index in [1.807, 2.05) is 6.07 Å². The third-order valence-corrected chi connectivity index (χ3v) is 3.58. The molecule has 0 unspecified atom stereocenters. The lowest BCUT2D eigenvalue weighted by molar-refractivity contribution is -0.117. The first kappa shape index (κ1) is 17.9. The van der Waals surface area contributed by atoms with Crippen molar-refractivity contribution >= 4 is 11.6 Å². The highest BCUT2D eigenvalue weighted by atomic mass is 16.3. The van der Waals surface area contributed by atoms with Gasteiger partial charge >= 0.3 is 0 Å². The predicted molar refractivity (Wildman–Crippen MR) is 95.0 cm³/mol. The van der Waals surface area contributed by atoms with Crippen molar-refractivity contribution < 1.29 is 15.0 Å². The minimum Gasteiger partial charge on any atom is -0.508 e. The number of carbonyl (C=O) groups excluding carboxylic acids is 1. The number of nitriles is 1. The number of nitrogens with zero attached hydrogens (tertiary/aromatic N) is 2. The van der Waals surface area contributed by atoms with Gasteiger partial charge < -0.3 is 20.4 Å². The molecular formula is C19H19N3O3. The fourth-order valence-electron chi connectivity index (χ4n) is 2.17. The van der Waals surface area contributed by atoms with Crippen molar-refractivity contribution in [1.82, 2.24) is 5.32 Å². The van der Waals surface area contributed by atoms with Crippen molar-refractivity contribution in [2.45, 2.75) is 6.42 Å². The van der Waals surface area contributed by atoms with E-state index in [2.05, 4.69) is 5.32 Å². The molecular weight excluding hydrogens is 318 g/mol. The van der Waals surface area contributed by atoms with Crippen LogP contribution in [0, 0.1) is 11.3 Å². The number of aromatic hydroxyl groups is 2. The van der Waals surface area contributed by atoms with Gasteiger partial charge in [-0.1, -0.05) is 12.1 Å². The molecule has 6 nitrogen and oxygen atoms in total. The van der Waals surface area contributed by atoms with Crippen LogP contribution in [0.25, 0.3) is 0 Å². The van der Waals surface area contributed by atoms with Crippen LogP contribution >= 0.6 is 0 Å². The molecule has 0 bridgehead atoms. The highest BCUT2D eigenvalue weighted by molar-refractivity contribution is 5.97. The quantitative estimate of drug-likeness (QED) is 0.555. The van der Waals surface area contributed by atoms with Crippen LogP contribution in [-0.2, 0) is 11.2 Å². The Morgan fingerprint density at radius 1 is 1.12 bits per heavy atom. The van der Waals surface area contributed by atoms with Gasteiger partial charge in [-0.05, 0) is 48.4 Å². The van der Waals surface area contributed by atoms with Crippen molar-refractivity contribution in [2.24, 2.45) is 0 Å². The van der Waals surface area contributed by atoms with Gasteiger partial charge in [0, 0.05) is 25.5 Å². The van der Waals surface area contributed by atoms with Crippen molar-refractivity contribution in [3.05, 3.63) is 65.9 Å². The molecule has 0 fully saturated rings. The Kier molecular flexibility index (Phi) is 6.02. The summed E-state index contributed by atoms with van der Waals surface area (Å²) in [5, 5.41) is 30.4. The number of rotatable bonds is 6. The van der Waals surface area contributed by atoms with Crippen molar-refractivity contribution in [3.8, 4) is 17.6 Å². The first-order chi connectivity index (χ1) is 12.0. The van der Waals surface area contributed by atoms with Crippen LogP contribution in [0.4, 0.5) is 5.69 Å². The summed E-state index contributed by atoms with van der Waals surface area (Å²) in [7, 11) is 1.72. The molecule has 0 saturated carbocycles. The lowest BCUT2D eigenvalue weighted by atomic mass is 10.1. The van der Waals surface area contributed by atoms with Crippen molar-refractivity contribution in [1.29, 1.82) is 5.26 Å². The Balaban J connectivity index is 1.94. The highest BCUT2D eigenvalue weighted by Gasteiger charge is 2.10. The highest BCUT2D eigenvalue weighted by Crippen LogP contribution is 2.18.